The Morgan fingerprint density at radius 3 is 2.03 bits per heavy atom. The van der Waals surface area contributed by atoms with E-state index in [1.165, 1.54) is 37.3 Å². The van der Waals surface area contributed by atoms with E-state index < -0.39 is 20.0 Å². The molecule has 1 heterocycles. The molecule has 158 valence electrons. The molecule has 1 amide bonds. The van der Waals surface area contributed by atoms with Crippen molar-refractivity contribution in [2.45, 2.75) is 22.6 Å². The number of thiophene rings is 1. The fraction of sp³-hybridized carbons (Fsp3) is 0.105. The third-order valence-electron chi connectivity index (χ3n) is 3.86. The van der Waals surface area contributed by atoms with Gasteiger partial charge in [-0.25, -0.2) is 16.8 Å². The Morgan fingerprint density at radius 1 is 0.800 bits per heavy atom. The van der Waals surface area contributed by atoms with E-state index in [4.69, 9.17) is 0 Å². The second-order valence-corrected chi connectivity index (χ2v) is 11.0. The Kier molecular flexibility index (Phi) is 6.44. The molecule has 0 aliphatic heterocycles. The molecular formula is C19H19N3O5S3. The van der Waals surface area contributed by atoms with Gasteiger partial charge in [-0.3, -0.25) is 14.2 Å². The van der Waals surface area contributed by atoms with E-state index in [0.29, 0.717) is 10.6 Å². The van der Waals surface area contributed by atoms with Crippen LogP contribution in [-0.4, -0.2) is 22.7 Å². The van der Waals surface area contributed by atoms with Gasteiger partial charge in [-0.2, -0.15) is 0 Å². The summed E-state index contributed by atoms with van der Waals surface area (Å²) in [7, 11) is -7.63. The largest absolute Gasteiger partial charge is 0.351 e. The number of anilines is 2. The fourth-order valence-corrected chi connectivity index (χ4v) is 5.85. The number of hydrogen-bond donors (Lipinski definition) is 3. The van der Waals surface area contributed by atoms with Crippen LogP contribution in [0.4, 0.5) is 11.4 Å². The monoisotopic (exact) mass is 465 g/mol. The van der Waals surface area contributed by atoms with E-state index in [-0.39, 0.29) is 27.2 Å². The van der Waals surface area contributed by atoms with Crippen molar-refractivity contribution in [3.63, 3.8) is 0 Å². The van der Waals surface area contributed by atoms with Crippen LogP contribution in [0.15, 0.2) is 75.8 Å². The van der Waals surface area contributed by atoms with Gasteiger partial charge in [0.2, 0.25) is 5.91 Å². The first-order valence-electron chi connectivity index (χ1n) is 8.70. The molecule has 3 rings (SSSR count). The van der Waals surface area contributed by atoms with Crippen LogP contribution in [0.25, 0.3) is 0 Å². The van der Waals surface area contributed by atoms with Crippen LogP contribution in [0.5, 0.6) is 0 Å². The Balaban J connectivity index is 1.71. The average Bonchev–Trinajstić information content (AvgIpc) is 3.17. The van der Waals surface area contributed by atoms with Crippen LogP contribution in [0, 0.1) is 0 Å². The van der Waals surface area contributed by atoms with Crippen LogP contribution < -0.4 is 14.8 Å². The first-order chi connectivity index (χ1) is 14.2. The first-order valence-corrected chi connectivity index (χ1v) is 12.5. The van der Waals surface area contributed by atoms with E-state index in [9.17, 15) is 21.6 Å². The molecule has 3 aromatic rings. The third-order valence-corrected chi connectivity index (χ3v) is 8.21. The summed E-state index contributed by atoms with van der Waals surface area (Å²) >= 11 is 1.04. The SMILES string of the molecule is CC(=O)NCc1ccc(S(=O)(=O)Nc2ccc(S(=O)(=O)Nc3ccccc3)cc2)s1. The molecule has 30 heavy (non-hydrogen) atoms. The standard InChI is InChI=1S/C19H19N3O5S3/c1-14(23)20-13-17-9-12-19(28-17)30(26,27)22-16-7-10-18(11-8-16)29(24,25)21-15-5-3-2-4-6-15/h2-12,21-22H,13H2,1H3,(H,20,23). The van der Waals surface area contributed by atoms with Crippen LogP contribution in [-0.2, 0) is 31.4 Å². The lowest BCUT2D eigenvalue weighted by atomic mass is 10.3. The highest BCUT2D eigenvalue weighted by molar-refractivity contribution is 7.94. The summed E-state index contributed by atoms with van der Waals surface area (Å²) in [5, 5.41) is 2.61. The Bertz CT molecular complexity index is 1240. The fourth-order valence-electron chi connectivity index (χ4n) is 2.44. The number of hydrogen-bond acceptors (Lipinski definition) is 6. The van der Waals surface area contributed by atoms with Crippen molar-refractivity contribution in [1.82, 2.24) is 5.32 Å². The maximum Gasteiger partial charge on any atom is 0.271 e. The molecular weight excluding hydrogens is 446 g/mol. The van der Waals surface area contributed by atoms with Crippen LogP contribution in [0.3, 0.4) is 0 Å². The first kappa shape index (κ1) is 21.8. The van der Waals surface area contributed by atoms with Gasteiger partial charge < -0.3 is 5.32 Å². The van der Waals surface area contributed by atoms with Crippen molar-refractivity contribution in [2.24, 2.45) is 0 Å². The van der Waals surface area contributed by atoms with Crippen LogP contribution >= 0.6 is 11.3 Å². The maximum absolute atomic E-state index is 12.6. The summed E-state index contributed by atoms with van der Waals surface area (Å²) in [6.07, 6.45) is 0. The van der Waals surface area contributed by atoms with E-state index >= 15 is 0 Å². The summed E-state index contributed by atoms with van der Waals surface area (Å²) < 4.78 is 55.0. The molecule has 1 aromatic heterocycles. The van der Waals surface area contributed by atoms with Gasteiger partial charge in [0, 0.05) is 23.2 Å². The Hall–Kier alpha value is -2.89. The predicted octanol–water partition coefficient (Wildman–Crippen LogP) is 2.99. The summed E-state index contributed by atoms with van der Waals surface area (Å²) in [6.45, 7) is 1.63. The molecule has 11 heteroatoms. The summed E-state index contributed by atoms with van der Waals surface area (Å²) in [5.74, 6) is -0.206. The smallest absolute Gasteiger partial charge is 0.271 e. The van der Waals surface area contributed by atoms with E-state index in [0.717, 1.165) is 11.3 Å². The van der Waals surface area contributed by atoms with Gasteiger partial charge in [0.1, 0.15) is 4.21 Å². The van der Waals surface area contributed by atoms with E-state index in [1.807, 2.05) is 0 Å². The molecule has 0 fully saturated rings. The minimum Gasteiger partial charge on any atom is -0.351 e. The molecule has 0 radical (unpaired) electrons. The van der Waals surface area contributed by atoms with Gasteiger partial charge in [0.25, 0.3) is 20.0 Å². The minimum absolute atomic E-state index is 0.00279. The maximum atomic E-state index is 12.6. The van der Waals surface area contributed by atoms with Crippen molar-refractivity contribution >= 4 is 48.7 Å². The summed E-state index contributed by atoms with van der Waals surface area (Å²) in [5.41, 5.74) is 0.653. The normalized spacial score (nSPS) is 11.6. The second-order valence-electron chi connectivity index (χ2n) is 6.23. The lowest BCUT2D eigenvalue weighted by Gasteiger charge is -2.10. The van der Waals surface area contributed by atoms with Crippen LogP contribution in [0.2, 0.25) is 0 Å². The molecule has 0 unspecified atom stereocenters. The van der Waals surface area contributed by atoms with Crippen molar-refractivity contribution in [3.05, 3.63) is 71.6 Å². The predicted molar refractivity (Wildman–Crippen MR) is 116 cm³/mol. The quantitative estimate of drug-likeness (QED) is 0.472. The van der Waals surface area contributed by atoms with E-state index in [1.54, 1.807) is 36.4 Å². The van der Waals surface area contributed by atoms with Gasteiger partial charge in [0.05, 0.1) is 11.4 Å². The molecule has 3 N–H and O–H groups in total. The number of benzene rings is 2. The number of para-hydroxylation sites is 1. The number of carbonyl (C=O) groups is 1. The molecule has 8 nitrogen and oxygen atoms in total. The van der Waals surface area contributed by atoms with Gasteiger partial charge in [-0.1, -0.05) is 18.2 Å². The highest BCUT2D eigenvalue weighted by Crippen LogP contribution is 2.25. The highest BCUT2D eigenvalue weighted by atomic mass is 32.2. The van der Waals surface area contributed by atoms with Crippen molar-refractivity contribution in [2.75, 3.05) is 9.44 Å². The zero-order valence-corrected chi connectivity index (χ0v) is 18.3. The third kappa shape index (κ3) is 5.59. The molecule has 0 spiro atoms. The number of nitrogens with one attached hydrogen (secondary N) is 3. The molecule has 2 aromatic carbocycles. The zero-order chi connectivity index (χ0) is 21.8. The van der Waals surface area contributed by atoms with Crippen molar-refractivity contribution < 1.29 is 21.6 Å². The van der Waals surface area contributed by atoms with Crippen LogP contribution in [0.1, 0.15) is 11.8 Å². The molecule has 0 atom stereocenters. The van der Waals surface area contributed by atoms with Crippen molar-refractivity contribution in [1.29, 1.82) is 0 Å². The van der Waals surface area contributed by atoms with Crippen molar-refractivity contribution in [3.8, 4) is 0 Å². The number of amides is 1. The number of rotatable bonds is 8. The number of carbonyl (C=O) groups excluding carboxylic acids is 1. The van der Waals surface area contributed by atoms with Gasteiger partial charge in [0.15, 0.2) is 0 Å². The lowest BCUT2D eigenvalue weighted by Crippen LogP contribution is -2.18. The Morgan fingerprint density at radius 2 is 1.40 bits per heavy atom. The molecule has 0 bridgehead atoms. The van der Waals surface area contributed by atoms with Gasteiger partial charge in [-0.15, -0.1) is 11.3 Å². The van der Waals surface area contributed by atoms with Gasteiger partial charge in [-0.05, 0) is 48.5 Å². The molecule has 0 saturated carbocycles. The average molecular weight is 466 g/mol. The zero-order valence-electron chi connectivity index (χ0n) is 15.8. The van der Waals surface area contributed by atoms with E-state index in [2.05, 4.69) is 14.8 Å². The Labute approximate surface area is 179 Å². The second kappa shape index (κ2) is 8.86. The topological polar surface area (TPSA) is 121 Å². The lowest BCUT2D eigenvalue weighted by molar-refractivity contribution is -0.119. The minimum atomic E-state index is -3.84. The summed E-state index contributed by atoms with van der Waals surface area (Å²) in [6, 6.07) is 16.9. The molecule has 0 aliphatic carbocycles. The summed E-state index contributed by atoms with van der Waals surface area (Å²) in [4.78, 5) is 11.7. The molecule has 0 saturated heterocycles. The highest BCUT2D eigenvalue weighted by Gasteiger charge is 2.18. The molecule has 0 aliphatic rings. The van der Waals surface area contributed by atoms with Gasteiger partial charge >= 0.3 is 0 Å². The number of sulfonamides is 2.